The number of nitrogens with one attached hydrogen (secondary N) is 1. The highest BCUT2D eigenvalue weighted by Crippen LogP contribution is 2.29. The minimum atomic E-state index is 0. The predicted molar refractivity (Wildman–Crippen MR) is 94.8 cm³/mol. The highest BCUT2D eigenvalue weighted by molar-refractivity contribution is 5.85. The fourth-order valence-electron chi connectivity index (χ4n) is 4.43. The van der Waals surface area contributed by atoms with Gasteiger partial charge in [-0.15, -0.1) is 12.4 Å². The first-order valence-electron chi connectivity index (χ1n) is 9.37. The number of rotatable bonds is 5. The molecule has 1 unspecified atom stereocenters. The van der Waals surface area contributed by atoms with Crippen LogP contribution in [0.4, 0.5) is 0 Å². The molecular weight excluding hydrogens is 296 g/mol. The van der Waals surface area contributed by atoms with Crippen molar-refractivity contribution in [1.82, 2.24) is 10.2 Å². The molecule has 0 spiro atoms. The molecule has 1 saturated carbocycles. The van der Waals surface area contributed by atoms with E-state index >= 15 is 0 Å². The minimum Gasteiger partial charge on any atom is -0.377 e. The molecule has 4 heteroatoms. The average molecular weight is 331 g/mol. The number of halogens is 1. The molecule has 22 heavy (non-hydrogen) atoms. The van der Waals surface area contributed by atoms with Crippen molar-refractivity contribution in [1.29, 1.82) is 0 Å². The first-order valence-corrected chi connectivity index (χ1v) is 9.37. The van der Waals surface area contributed by atoms with Gasteiger partial charge in [-0.25, -0.2) is 0 Å². The lowest BCUT2D eigenvalue weighted by molar-refractivity contribution is 0.0345. The van der Waals surface area contributed by atoms with E-state index in [2.05, 4.69) is 17.1 Å². The molecule has 0 bridgehead atoms. The number of nitrogens with zero attached hydrogens (tertiary/aromatic N) is 1. The number of piperidine rings is 1. The Balaban J connectivity index is 0.00000176. The maximum absolute atomic E-state index is 5.93. The molecule has 1 atom stereocenters. The summed E-state index contributed by atoms with van der Waals surface area (Å²) in [4.78, 5) is 2.83. The Morgan fingerprint density at radius 2 is 1.68 bits per heavy atom. The van der Waals surface area contributed by atoms with E-state index in [9.17, 15) is 0 Å². The first-order chi connectivity index (χ1) is 10.3. The second kappa shape index (κ2) is 9.46. The van der Waals surface area contributed by atoms with Gasteiger partial charge in [0.2, 0.25) is 0 Å². The number of hydrogen-bond acceptors (Lipinski definition) is 3. The standard InChI is InChI=1S/C18H34N2O.ClH/c1-15-4-6-17(7-5-15)20(14-18-3-2-12-21-18)13-16-8-10-19-11-9-16;/h15-19H,2-14H2,1H3;1H. The van der Waals surface area contributed by atoms with Crippen LogP contribution in [0.5, 0.6) is 0 Å². The highest BCUT2D eigenvalue weighted by Gasteiger charge is 2.29. The van der Waals surface area contributed by atoms with Crippen molar-refractivity contribution >= 4 is 12.4 Å². The lowest BCUT2D eigenvalue weighted by Gasteiger charge is -2.40. The van der Waals surface area contributed by atoms with Crippen LogP contribution in [0.2, 0.25) is 0 Å². The van der Waals surface area contributed by atoms with Gasteiger partial charge in [0.25, 0.3) is 0 Å². The minimum absolute atomic E-state index is 0. The highest BCUT2D eigenvalue weighted by atomic mass is 35.5. The molecule has 0 aromatic carbocycles. The monoisotopic (exact) mass is 330 g/mol. The maximum atomic E-state index is 5.93. The van der Waals surface area contributed by atoms with E-state index in [0.717, 1.165) is 24.5 Å². The third-order valence-electron chi connectivity index (χ3n) is 5.92. The van der Waals surface area contributed by atoms with Crippen LogP contribution in [0.15, 0.2) is 0 Å². The molecule has 2 heterocycles. The van der Waals surface area contributed by atoms with Crippen molar-refractivity contribution in [3.8, 4) is 0 Å². The molecule has 0 aromatic heterocycles. The van der Waals surface area contributed by atoms with Gasteiger partial charge in [0.15, 0.2) is 0 Å². The SMILES string of the molecule is CC1CCC(N(CC2CCNCC2)CC2CCCO2)CC1.Cl. The molecule has 130 valence electrons. The molecule has 3 nitrogen and oxygen atoms in total. The topological polar surface area (TPSA) is 24.5 Å². The van der Waals surface area contributed by atoms with Crippen LogP contribution < -0.4 is 5.32 Å². The lowest BCUT2D eigenvalue weighted by atomic mass is 9.85. The van der Waals surface area contributed by atoms with Crippen molar-refractivity contribution in [2.75, 3.05) is 32.8 Å². The lowest BCUT2D eigenvalue weighted by Crippen LogP contribution is -2.46. The fraction of sp³-hybridized carbons (Fsp3) is 1.00. The second-order valence-electron chi connectivity index (χ2n) is 7.70. The van der Waals surface area contributed by atoms with Crippen LogP contribution in [0.25, 0.3) is 0 Å². The zero-order valence-electron chi connectivity index (χ0n) is 14.3. The molecule has 3 fully saturated rings. The van der Waals surface area contributed by atoms with Gasteiger partial charge in [0.05, 0.1) is 6.10 Å². The van der Waals surface area contributed by atoms with Gasteiger partial charge in [-0.1, -0.05) is 6.92 Å². The molecule has 2 aliphatic heterocycles. The van der Waals surface area contributed by atoms with Crippen LogP contribution in [-0.4, -0.2) is 49.8 Å². The van der Waals surface area contributed by atoms with Crippen LogP contribution in [0.3, 0.4) is 0 Å². The largest absolute Gasteiger partial charge is 0.377 e. The maximum Gasteiger partial charge on any atom is 0.0702 e. The van der Waals surface area contributed by atoms with E-state index < -0.39 is 0 Å². The normalized spacial score (nSPS) is 33.8. The van der Waals surface area contributed by atoms with Crippen LogP contribution >= 0.6 is 12.4 Å². The van der Waals surface area contributed by atoms with Gasteiger partial charge in [-0.3, -0.25) is 4.90 Å². The molecule has 1 N–H and O–H groups in total. The molecule has 0 amide bonds. The Kier molecular flexibility index (Phi) is 7.96. The van der Waals surface area contributed by atoms with Crippen molar-refractivity contribution in [2.24, 2.45) is 11.8 Å². The third-order valence-corrected chi connectivity index (χ3v) is 5.92. The summed E-state index contributed by atoms with van der Waals surface area (Å²) in [7, 11) is 0. The van der Waals surface area contributed by atoms with Crippen molar-refractivity contribution in [3.63, 3.8) is 0 Å². The van der Waals surface area contributed by atoms with Gasteiger partial charge in [-0.2, -0.15) is 0 Å². The number of hydrogen-bond donors (Lipinski definition) is 1. The van der Waals surface area contributed by atoms with E-state index in [-0.39, 0.29) is 12.4 Å². The van der Waals surface area contributed by atoms with Crippen molar-refractivity contribution in [2.45, 2.75) is 70.4 Å². The summed E-state index contributed by atoms with van der Waals surface area (Å²) in [6.07, 6.45) is 11.5. The summed E-state index contributed by atoms with van der Waals surface area (Å²) < 4.78 is 5.93. The molecule has 0 radical (unpaired) electrons. The molecule has 1 aliphatic carbocycles. The van der Waals surface area contributed by atoms with Gasteiger partial charge >= 0.3 is 0 Å². The van der Waals surface area contributed by atoms with E-state index in [1.54, 1.807) is 0 Å². The Bertz CT molecular complexity index is 295. The zero-order chi connectivity index (χ0) is 14.5. The summed E-state index contributed by atoms with van der Waals surface area (Å²) in [6.45, 7) is 8.38. The Labute approximate surface area is 143 Å². The van der Waals surface area contributed by atoms with Gasteiger partial charge in [0, 0.05) is 25.7 Å². The first kappa shape index (κ1) is 18.5. The quantitative estimate of drug-likeness (QED) is 0.835. The average Bonchev–Trinajstić information content (AvgIpc) is 3.01. The molecule has 2 saturated heterocycles. The van der Waals surface area contributed by atoms with E-state index in [0.29, 0.717) is 6.10 Å². The zero-order valence-corrected chi connectivity index (χ0v) is 15.1. The second-order valence-corrected chi connectivity index (χ2v) is 7.70. The molecule has 3 aliphatic rings. The van der Waals surface area contributed by atoms with E-state index in [1.807, 2.05) is 0 Å². The molecule has 0 aromatic rings. The summed E-state index contributed by atoms with van der Waals surface area (Å²) in [5, 5.41) is 3.50. The summed E-state index contributed by atoms with van der Waals surface area (Å²) in [5.41, 5.74) is 0. The molecule has 3 rings (SSSR count). The smallest absolute Gasteiger partial charge is 0.0702 e. The van der Waals surface area contributed by atoms with Gasteiger partial charge < -0.3 is 10.1 Å². The van der Waals surface area contributed by atoms with Crippen molar-refractivity contribution in [3.05, 3.63) is 0 Å². The fourth-order valence-corrected chi connectivity index (χ4v) is 4.43. The molecular formula is C18H35ClN2O. The van der Waals surface area contributed by atoms with Gasteiger partial charge in [-0.05, 0) is 76.3 Å². The van der Waals surface area contributed by atoms with Crippen LogP contribution in [0, 0.1) is 11.8 Å². The van der Waals surface area contributed by atoms with Crippen LogP contribution in [-0.2, 0) is 4.74 Å². The summed E-state index contributed by atoms with van der Waals surface area (Å²) in [6, 6.07) is 0.834. The van der Waals surface area contributed by atoms with E-state index in [4.69, 9.17) is 4.74 Å². The third kappa shape index (κ3) is 5.36. The predicted octanol–water partition coefficient (Wildman–Crippen LogP) is 3.47. The summed E-state index contributed by atoms with van der Waals surface area (Å²) >= 11 is 0. The summed E-state index contributed by atoms with van der Waals surface area (Å²) in [5.74, 6) is 1.86. The van der Waals surface area contributed by atoms with Gasteiger partial charge in [0.1, 0.15) is 0 Å². The Hall–Kier alpha value is 0.170. The van der Waals surface area contributed by atoms with Crippen LogP contribution in [0.1, 0.15) is 58.3 Å². The number of ether oxygens (including phenoxy) is 1. The Morgan fingerprint density at radius 3 is 2.32 bits per heavy atom. The van der Waals surface area contributed by atoms with E-state index in [1.165, 1.54) is 77.5 Å². The van der Waals surface area contributed by atoms with Crippen molar-refractivity contribution < 1.29 is 4.74 Å². The Morgan fingerprint density at radius 1 is 0.955 bits per heavy atom.